The molecule has 0 N–H and O–H groups in total. The molecule has 12 heteroatoms. The molecule has 126 valence electrons. The Morgan fingerprint density at radius 1 is 0.571 bits per heavy atom. The van der Waals surface area contributed by atoms with Gasteiger partial charge in [0.1, 0.15) is 0 Å². The standard InChI is InChI=1S/C6H6Cl6.C3F6/c7-1-2(8)4(10)6(12)5(11)3(1)9;4-1(2(5)6)3(7,8)9/h1-6H;/t1-,2-,3-,4+,5+,6+;. The zero-order valence-electron chi connectivity index (χ0n) is 9.50. The highest BCUT2D eigenvalue weighted by atomic mass is 35.5. The molecule has 0 radical (unpaired) electrons. The van der Waals surface area contributed by atoms with Crippen LogP contribution in [0.25, 0.3) is 0 Å². The lowest BCUT2D eigenvalue weighted by molar-refractivity contribution is -0.113. The van der Waals surface area contributed by atoms with Crippen LogP contribution in [0.15, 0.2) is 11.9 Å². The van der Waals surface area contributed by atoms with Crippen molar-refractivity contribution in [2.24, 2.45) is 0 Å². The quantitative estimate of drug-likeness (QED) is 0.307. The number of hydrogen-bond donors (Lipinski definition) is 0. The van der Waals surface area contributed by atoms with E-state index in [2.05, 4.69) is 0 Å². The Kier molecular flexibility index (Phi) is 9.23. The Hall–Kier alpha value is 1.06. The van der Waals surface area contributed by atoms with Crippen molar-refractivity contribution in [3.05, 3.63) is 11.9 Å². The first-order valence-corrected chi connectivity index (χ1v) is 7.56. The molecule has 0 bridgehead atoms. The third-order valence-electron chi connectivity index (χ3n) is 2.24. The lowest BCUT2D eigenvalue weighted by atomic mass is 9.97. The molecule has 0 aromatic heterocycles. The van der Waals surface area contributed by atoms with Crippen LogP contribution in [0.3, 0.4) is 0 Å². The predicted molar refractivity (Wildman–Crippen MR) is 74.3 cm³/mol. The highest BCUT2D eigenvalue weighted by Gasteiger charge is 2.46. The molecule has 0 aliphatic heterocycles. The normalized spacial score (nSPS) is 36.6. The van der Waals surface area contributed by atoms with Gasteiger partial charge in [0, 0.05) is 0 Å². The second kappa shape index (κ2) is 8.78. The monoisotopic (exact) mass is 438 g/mol. The van der Waals surface area contributed by atoms with E-state index in [-0.39, 0.29) is 0 Å². The van der Waals surface area contributed by atoms with E-state index >= 15 is 0 Å². The molecule has 1 rings (SSSR count). The fourth-order valence-electron chi connectivity index (χ4n) is 1.16. The van der Waals surface area contributed by atoms with E-state index in [1.165, 1.54) is 0 Å². The van der Waals surface area contributed by atoms with E-state index < -0.39 is 50.3 Å². The summed E-state index contributed by atoms with van der Waals surface area (Å²) < 4.78 is 64.8. The number of rotatable bonds is 0. The molecule has 0 heterocycles. The summed E-state index contributed by atoms with van der Waals surface area (Å²) in [6, 6.07) is 0. The van der Waals surface area contributed by atoms with Crippen LogP contribution in [-0.4, -0.2) is 38.4 Å². The third-order valence-corrected chi connectivity index (χ3v) is 6.27. The van der Waals surface area contributed by atoms with Gasteiger partial charge >= 0.3 is 12.3 Å². The Labute approximate surface area is 146 Å². The maximum Gasteiger partial charge on any atom is 0.448 e. The van der Waals surface area contributed by atoms with Gasteiger partial charge in [0.25, 0.3) is 5.83 Å². The van der Waals surface area contributed by atoms with E-state index in [0.717, 1.165) is 0 Å². The molecule has 0 spiro atoms. The average Bonchev–Trinajstić information content (AvgIpc) is 2.39. The first-order valence-electron chi connectivity index (χ1n) is 4.94. The van der Waals surface area contributed by atoms with E-state index in [9.17, 15) is 26.3 Å². The minimum absolute atomic E-state index is 0.437. The Balaban J connectivity index is 0.000000400. The van der Waals surface area contributed by atoms with Crippen molar-refractivity contribution in [2.45, 2.75) is 38.4 Å². The smallest absolute Gasteiger partial charge is 0.196 e. The van der Waals surface area contributed by atoms with Crippen LogP contribution in [0, 0.1) is 0 Å². The summed E-state index contributed by atoms with van der Waals surface area (Å²) in [5.74, 6) is -3.33. The van der Waals surface area contributed by atoms with Crippen molar-refractivity contribution in [2.75, 3.05) is 0 Å². The van der Waals surface area contributed by atoms with Crippen molar-refractivity contribution in [1.82, 2.24) is 0 Å². The first kappa shape index (κ1) is 22.1. The number of alkyl halides is 9. The summed E-state index contributed by atoms with van der Waals surface area (Å²) in [6.07, 6.45) is -8.90. The molecule has 1 saturated carbocycles. The molecule has 0 saturated heterocycles. The van der Waals surface area contributed by atoms with Crippen LogP contribution in [0.4, 0.5) is 26.3 Å². The van der Waals surface area contributed by atoms with Gasteiger partial charge in [-0.3, -0.25) is 0 Å². The van der Waals surface area contributed by atoms with Crippen LogP contribution in [0.1, 0.15) is 0 Å². The topological polar surface area (TPSA) is 0 Å². The minimum atomic E-state index is -5.56. The van der Waals surface area contributed by atoms with Gasteiger partial charge in [0.2, 0.25) is 0 Å². The van der Waals surface area contributed by atoms with E-state index in [4.69, 9.17) is 69.6 Å². The van der Waals surface area contributed by atoms with Gasteiger partial charge in [-0.05, 0) is 0 Å². The van der Waals surface area contributed by atoms with E-state index in [1.54, 1.807) is 0 Å². The summed E-state index contributed by atoms with van der Waals surface area (Å²) in [5.41, 5.74) is 0. The lowest BCUT2D eigenvalue weighted by Gasteiger charge is -2.37. The van der Waals surface area contributed by atoms with Crippen molar-refractivity contribution in [3.63, 3.8) is 0 Å². The lowest BCUT2D eigenvalue weighted by Crippen LogP contribution is -2.52. The molecule has 1 aliphatic carbocycles. The fraction of sp³-hybridized carbons (Fsp3) is 0.778. The molecule has 0 atom stereocenters. The van der Waals surface area contributed by atoms with Crippen LogP contribution in [0.5, 0.6) is 0 Å². The van der Waals surface area contributed by atoms with Gasteiger partial charge in [-0.2, -0.15) is 26.3 Å². The zero-order chi connectivity index (χ0) is 17.1. The molecule has 21 heavy (non-hydrogen) atoms. The molecule has 0 aromatic rings. The zero-order valence-corrected chi connectivity index (χ0v) is 14.0. The number of allylic oxidation sites excluding steroid dienone is 1. The number of hydrogen-bond acceptors (Lipinski definition) is 0. The minimum Gasteiger partial charge on any atom is -0.196 e. The van der Waals surface area contributed by atoms with Gasteiger partial charge in [-0.15, -0.1) is 69.6 Å². The Morgan fingerprint density at radius 3 is 0.810 bits per heavy atom. The predicted octanol–water partition coefficient (Wildman–Crippen LogP) is 6.27. The van der Waals surface area contributed by atoms with Gasteiger partial charge in [-0.1, -0.05) is 0 Å². The summed E-state index contributed by atoms with van der Waals surface area (Å²) in [6.45, 7) is 0. The summed E-state index contributed by atoms with van der Waals surface area (Å²) in [4.78, 5) is 0. The van der Waals surface area contributed by atoms with Crippen LogP contribution in [0.2, 0.25) is 0 Å². The van der Waals surface area contributed by atoms with Gasteiger partial charge < -0.3 is 0 Å². The second-order valence-electron chi connectivity index (χ2n) is 3.74. The van der Waals surface area contributed by atoms with Crippen molar-refractivity contribution >= 4 is 69.6 Å². The molecule has 1 aliphatic rings. The molecular formula is C9H6Cl6F6. The van der Waals surface area contributed by atoms with E-state index in [1.807, 2.05) is 0 Å². The largest absolute Gasteiger partial charge is 0.448 e. The second-order valence-corrected chi connectivity index (χ2v) is 6.76. The fourth-order valence-corrected chi connectivity index (χ4v) is 3.49. The summed E-state index contributed by atoms with van der Waals surface area (Å²) in [5, 5.41) is -2.62. The molecule has 0 nitrogen and oxygen atoms in total. The maximum absolute atomic E-state index is 11.0. The van der Waals surface area contributed by atoms with Gasteiger partial charge in [0.05, 0.1) is 32.3 Å². The van der Waals surface area contributed by atoms with Crippen LogP contribution < -0.4 is 0 Å². The van der Waals surface area contributed by atoms with Crippen molar-refractivity contribution in [1.29, 1.82) is 0 Å². The maximum atomic E-state index is 11.0. The third kappa shape index (κ3) is 6.22. The molecule has 0 amide bonds. The van der Waals surface area contributed by atoms with Gasteiger partial charge in [0.15, 0.2) is 0 Å². The van der Waals surface area contributed by atoms with Crippen molar-refractivity contribution in [3.8, 4) is 0 Å². The molecule has 1 fully saturated rings. The SMILES string of the molecule is Cl[C@H]1[C@H](Cl)[C@@H](Cl)[C@@H](Cl)[C@H](Cl)[C@H]1Cl.FC(F)=C(F)C(F)(F)F. The van der Waals surface area contributed by atoms with Crippen molar-refractivity contribution < 1.29 is 26.3 Å². The average molecular weight is 441 g/mol. The van der Waals surface area contributed by atoms with E-state index in [0.29, 0.717) is 0 Å². The van der Waals surface area contributed by atoms with Crippen LogP contribution >= 0.6 is 69.6 Å². The number of halogens is 12. The highest BCUT2D eigenvalue weighted by molar-refractivity contribution is 6.45. The summed E-state index contributed by atoms with van der Waals surface area (Å²) >= 11 is 35.3. The highest BCUT2D eigenvalue weighted by Crippen LogP contribution is 2.39. The molecule has 0 aromatic carbocycles. The first-order chi connectivity index (χ1) is 9.32. The molecule has 0 unspecified atom stereocenters. The molecular weight excluding hydrogens is 435 g/mol. The Bertz CT molecular complexity index is 312. The Morgan fingerprint density at radius 2 is 0.762 bits per heavy atom. The summed E-state index contributed by atoms with van der Waals surface area (Å²) in [7, 11) is 0. The van der Waals surface area contributed by atoms with Gasteiger partial charge in [-0.25, -0.2) is 0 Å². The van der Waals surface area contributed by atoms with Crippen LogP contribution in [-0.2, 0) is 0 Å².